The lowest BCUT2D eigenvalue weighted by molar-refractivity contribution is -0.0888. The Labute approximate surface area is 172 Å². The molecule has 0 aliphatic carbocycles. The third-order valence-corrected chi connectivity index (χ3v) is 4.48. The van der Waals surface area contributed by atoms with E-state index < -0.39 is 40.8 Å². The highest BCUT2D eigenvalue weighted by atomic mass is 19.4. The second-order valence-electron chi connectivity index (χ2n) is 6.58. The summed E-state index contributed by atoms with van der Waals surface area (Å²) in [5, 5.41) is -0.462. The smallest absolute Gasteiger partial charge is 0.455 e. The molecule has 9 heteroatoms. The Morgan fingerprint density at radius 1 is 0.710 bits per heavy atom. The molecule has 0 aromatic heterocycles. The summed E-state index contributed by atoms with van der Waals surface area (Å²) in [6, 6.07) is 14.1. The zero-order chi connectivity index (χ0) is 22.8. The minimum atomic E-state index is -5.38. The van der Waals surface area contributed by atoms with Gasteiger partial charge in [-0.1, -0.05) is 54.6 Å². The Bertz CT molecular complexity index is 1120. The van der Waals surface area contributed by atoms with Crippen LogP contribution in [0.25, 0.3) is 10.8 Å². The number of ether oxygens (including phenoxy) is 1. The predicted octanol–water partition coefficient (Wildman–Crippen LogP) is 5.95. The van der Waals surface area contributed by atoms with Gasteiger partial charge in [0.1, 0.15) is 5.75 Å². The highest BCUT2D eigenvalue weighted by molar-refractivity contribution is 6.16. The van der Waals surface area contributed by atoms with Gasteiger partial charge in [-0.3, -0.25) is 9.59 Å². The molecule has 0 fully saturated rings. The van der Waals surface area contributed by atoms with Crippen LogP contribution in [0.1, 0.15) is 26.3 Å². The number of Topliss-reactive ketones (excluding diaryl/α,β-unsaturated/α-hetero) is 2. The first-order valence-electron chi connectivity index (χ1n) is 8.95. The third kappa shape index (κ3) is 4.87. The Hall–Kier alpha value is -3.36. The highest BCUT2D eigenvalue weighted by Gasteiger charge is 2.44. The Morgan fingerprint density at radius 2 is 1.23 bits per heavy atom. The standard InChI is InChI=1S/C22H14F6O3/c23-21(24,25)19(29)16-12-17(20(30)22(26,27)28)18(15-9-5-4-8-14(15)16)31-11-10-13-6-2-1-3-7-13/h1-9,12H,10-11H2. The number of hydrogen-bond acceptors (Lipinski definition) is 3. The van der Waals surface area contributed by atoms with Gasteiger partial charge in [-0.2, -0.15) is 26.3 Å². The van der Waals surface area contributed by atoms with Gasteiger partial charge in [-0.15, -0.1) is 0 Å². The minimum Gasteiger partial charge on any atom is -0.492 e. The van der Waals surface area contributed by atoms with Crippen molar-refractivity contribution in [1.82, 2.24) is 0 Å². The van der Waals surface area contributed by atoms with Gasteiger partial charge in [0.2, 0.25) is 0 Å². The average molecular weight is 440 g/mol. The fourth-order valence-corrected chi connectivity index (χ4v) is 3.08. The van der Waals surface area contributed by atoms with Gasteiger partial charge in [0.05, 0.1) is 12.2 Å². The predicted molar refractivity (Wildman–Crippen MR) is 100 cm³/mol. The fourth-order valence-electron chi connectivity index (χ4n) is 3.08. The van der Waals surface area contributed by atoms with Gasteiger partial charge in [0, 0.05) is 17.4 Å². The van der Waals surface area contributed by atoms with Crippen LogP contribution in [0.4, 0.5) is 26.3 Å². The first kappa shape index (κ1) is 22.3. The van der Waals surface area contributed by atoms with E-state index in [0.717, 1.165) is 11.6 Å². The van der Waals surface area contributed by atoms with Crippen molar-refractivity contribution in [2.45, 2.75) is 18.8 Å². The Kier molecular flexibility index (Phi) is 6.06. The number of rotatable bonds is 6. The van der Waals surface area contributed by atoms with Crippen molar-refractivity contribution in [1.29, 1.82) is 0 Å². The summed E-state index contributed by atoms with van der Waals surface area (Å²) in [5.41, 5.74) is -1.39. The zero-order valence-electron chi connectivity index (χ0n) is 15.7. The van der Waals surface area contributed by atoms with E-state index in [4.69, 9.17) is 4.74 Å². The van der Waals surface area contributed by atoms with E-state index in [-0.39, 0.29) is 23.8 Å². The van der Waals surface area contributed by atoms with Crippen LogP contribution in [0.15, 0.2) is 60.7 Å². The number of carbonyl (C=O) groups excluding carboxylic acids is 2. The lowest BCUT2D eigenvalue weighted by Gasteiger charge is -2.18. The molecule has 0 aliphatic heterocycles. The number of fused-ring (bicyclic) bond motifs is 1. The van der Waals surface area contributed by atoms with E-state index in [9.17, 15) is 35.9 Å². The number of benzene rings is 3. The number of ketones is 2. The molecule has 0 radical (unpaired) electrons. The molecule has 162 valence electrons. The Morgan fingerprint density at radius 3 is 1.81 bits per heavy atom. The summed E-state index contributed by atoms with van der Waals surface area (Å²) in [6.45, 7) is -0.140. The quantitative estimate of drug-likeness (QED) is 0.351. The monoisotopic (exact) mass is 440 g/mol. The van der Waals surface area contributed by atoms with Crippen LogP contribution in [0.2, 0.25) is 0 Å². The number of alkyl halides is 6. The van der Waals surface area contributed by atoms with Crippen molar-refractivity contribution < 1.29 is 40.7 Å². The van der Waals surface area contributed by atoms with E-state index in [1.165, 1.54) is 18.2 Å². The second kappa shape index (κ2) is 8.41. The molecule has 0 atom stereocenters. The molecule has 0 spiro atoms. The lowest BCUT2D eigenvalue weighted by Crippen LogP contribution is -2.26. The molecule has 3 nitrogen and oxygen atoms in total. The summed E-state index contributed by atoms with van der Waals surface area (Å²) < 4.78 is 84.0. The van der Waals surface area contributed by atoms with E-state index in [0.29, 0.717) is 6.07 Å². The second-order valence-corrected chi connectivity index (χ2v) is 6.58. The molecule has 0 heterocycles. The van der Waals surface area contributed by atoms with Crippen LogP contribution in [0.3, 0.4) is 0 Å². The highest BCUT2D eigenvalue weighted by Crippen LogP contribution is 2.38. The van der Waals surface area contributed by atoms with Crippen molar-refractivity contribution in [3.8, 4) is 5.75 Å². The third-order valence-electron chi connectivity index (χ3n) is 4.48. The summed E-state index contributed by atoms with van der Waals surface area (Å²) in [5.74, 6) is -5.27. The number of carbonyl (C=O) groups is 2. The lowest BCUT2D eigenvalue weighted by atomic mass is 9.94. The molecule has 0 unspecified atom stereocenters. The SMILES string of the molecule is O=C(c1cc(C(=O)C(F)(F)F)c2ccccc2c1OCCc1ccccc1)C(F)(F)F. The maximum absolute atomic E-state index is 13.2. The van der Waals surface area contributed by atoms with Gasteiger partial charge in [0.15, 0.2) is 0 Å². The summed E-state index contributed by atoms with van der Waals surface area (Å²) in [7, 11) is 0. The molecule has 31 heavy (non-hydrogen) atoms. The molecule has 0 bridgehead atoms. The maximum atomic E-state index is 13.2. The van der Waals surface area contributed by atoms with Crippen molar-refractivity contribution in [3.63, 3.8) is 0 Å². The number of hydrogen-bond donors (Lipinski definition) is 0. The average Bonchev–Trinajstić information content (AvgIpc) is 2.72. The van der Waals surface area contributed by atoms with Crippen molar-refractivity contribution >= 4 is 22.3 Å². The van der Waals surface area contributed by atoms with Crippen molar-refractivity contribution in [2.24, 2.45) is 0 Å². The summed E-state index contributed by atoms with van der Waals surface area (Å²) in [4.78, 5) is 23.8. The van der Waals surface area contributed by atoms with E-state index in [1.54, 1.807) is 30.3 Å². The largest absolute Gasteiger partial charge is 0.492 e. The van der Waals surface area contributed by atoms with Crippen LogP contribution in [-0.2, 0) is 6.42 Å². The van der Waals surface area contributed by atoms with Crippen LogP contribution >= 0.6 is 0 Å². The maximum Gasteiger partial charge on any atom is 0.455 e. The van der Waals surface area contributed by atoms with Crippen LogP contribution in [0.5, 0.6) is 5.75 Å². The molecule has 3 aromatic carbocycles. The number of halogens is 6. The van der Waals surface area contributed by atoms with Gasteiger partial charge < -0.3 is 4.74 Å². The molecule has 3 aromatic rings. The van der Waals surface area contributed by atoms with Gasteiger partial charge in [-0.05, 0) is 17.0 Å². The molecule has 0 amide bonds. The van der Waals surface area contributed by atoms with Crippen LogP contribution in [0, 0.1) is 0 Å². The fraction of sp³-hybridized carbons (Fsp3) is 0.182. The summed E-state index contributed by atoms with van der Waals surface area (Å²) in [6.07, 6.45) is -10.4. The minimum absolute atomic E-state index is 0.140. The van der Waals surface area contributed by atoms with Crippen molar-refractivity contribution in [2.75, 3.05) is 6.61 Å². The first-order chi connectivity index (χ1) is 14.5. The van der Waals surface area contributed by atoms with Gasteiger partial charge >= 0.3 is 12.4 Å². The molecule has 0 saturated heterocycles. The molecule has 0 saturated carbocycles. The van der Waals surface area contributed by atoms with Crippen molar-refractivity contribution in [3.05, 3.63) is 77.4 Å². The van der Waals surface area contributed by atoms with Crippen LogP contribution in [-0.4, -0.2) is 30.5 Å². The molecule has 0 N–H and O–H groups in total. The van der Waals surface area contributed by atoms with Gasteiger partial charge in [-0.25, -0.2) is 0 Å². The molecular formula is C22H14F6O3. The van der Waals surface area contributed by atoms with Gasteiger partial charge in [0.25, 0.3) is 11.6 Å². The van der Waals surface area contributed by atoms with E-state index >= 15 is 0 Å². The molecule has 0 aliphatic rings. The zero-order valence-corrected chi connectivity index (χ0v) is 15.7. The van der Waals surface area contributed by atoms with Crippen LogP contribution < -0.4 is 4.74 Å². The normalized spacial score (nSPS) is 12.1. The molecule has 3 rings (SSSR count). The van der Waals surface area contributed by atoms with E-state index in [2.05, 4.69) is 0 Å². The topological polar surface area (TPSA) is 43.4 Å². The molecular weight excluding hydrogens is 426 g/mol. The van der Waals surface area contributed by atoms with E-state index in [1.807, 2.05) is 0 Å². The first-order valence-corrected chi connectivity index (χ1v) is 8.95. The Balaban J connectivity index is 2.14. The summed E-state index contributed by atoms with van der Waals surface area (Å²) >= 11 is 0.